The molecule has 0 atom stereocenters. The van der Waals surface area contributed by atoms with Crippen LogP contribution in [0.25, 0.3) is 21.8 Å². The number of benzene rings is 3. The summed E-state index contributed by atoms with van der Waals surface area (Å²) < 4.78 is 2.27. The molecule has 2 N–H and O–H groups in total. The molecule has 0 aliphatic rings. The van der Waals surface area contributed by atoms with E-state index in [1.807, 2.05) is 6.07 Å². The first-order valence-electron chi connectivity index (χ1n) is 8.41. The Kier molecular flexibility index (Phi) is 3.57. The molecule has 0 radical (unpaired) electrons. The van der Waals surface area contributed by atoms with Crippen LogP contribution in [0.3, 0.4) is 0 Å². The Morgan fingerprint density at radius 2 is 1.64 bits per heavy atom. The maximum absolute atomic E-state index is 11.9. The number of nitrogens with zero attached hydrogens (tertiary/aromatic N) is 1. The molecule has 0 saturated carbocycles. The van der Waals surface area contributed by atoms with E-state index in [1.54, 1.807) is 6.07 Å². The molecule has 3 aromatic carbocycles. The van der Waals surface area contributed by atoms with Gasteiger partial charge < -0.3 is 10.3 Å². The molecule has 1 amide bonds. The molecule has 3 heteroatoms. The first kappa shape index (κ1) is 15.5. The van der Waals surface area contributed by atoms with Crippen molar-refractivity contribution in [2.24, 2.45) is 5.73 Å². The summed E-state index contributed by atoms with van der Waals surface area (Å²) in [5.74, 6) is -0.388. The van der Waals surface area contributed by atoms with Crippen LogP contribution < -0.4 is 5.73 Å². The van der Waals surface area contributed by atoms with Gasteiger partial charge in [-0.25, -0.2) is 0 Å². The van der Waals surface area contributed by atoms with Crippen molar-refractivity contribution in [3.05, 3.63) is 82.9 Å². The summed E-state index contributed by atoms with van der Waals surface area (Å²) in [6.45, 7) is 4.93. The van der Waals surface area contributed by atoms with Gasteiger partial charge in [0.15, 0.2) is 0 Å². The zero-order valence-electron chi connectivity index (χ0n) is 14.4. The Labute approximate surface area is 146 Å². The lowest BCUT2D eigenvalue weighted by Gasteiger charge is -2.09. The third kappa shape index (κ3) is 2.58. The molecule has 4 rings (SSSR count). The molecule has 0 saturated heterocycles. The van der Waals surface area contributed by atoms with Gasteiger partial charge in [-0.1, -0.05) is 48.0 Å². The standard InChI is InChI=1S/C22H20N2O/c1-14-6-9-16(10-7-14)13-24-19-5-3-4-18(22(23)25)21(19)17-11-8-15(2)12-20(17)24/h3-12H,13H2,1-2H3,(H2,23,25). The highest BCUT2D eigenvalue weighted by atomic mass is 16.1. The predicted molar refractivity (Wildman–Crippen MR) is 103 cm³/mol. The average molecular weight is 328 g/mol. The van der Waals surface area contributed by atoms with Gasteiger partial charge in [0.2, 0.25) is 5.91 Å². The molecule has 1 heterocycles. The number of aryl methyl sites for hydroxylation is 2. The number of aromatic nitrogens is 1. The van der Waals surface area contributed by atoms with Crippen molar-refractivity contribution in [2.45, 2.75) is 20.4 Å². The zero-order valence-corrected chi connectivity index (χ0v) is 14.4. The van der Waals surface area contributed by atoms with Crippen LogP contribution in [0.4, 0.5) is 0 Å². The second-order valence-electron chi connectivity index (χ2n) is 6.66. The lowest BCUT2D eigenvalue weighted by Crippen LogP contribution is -2.11. The summed E-state index contributed by atoms with van der Waals surface area (Å²) in [6, 6.07) is 20.7. The molecule has 0 fully saturated rings. The highest BCUT2D eigenvalue weighted by molar-refractivity contribution is 6.17. The number of fused-ring (bicyclic) bond motifs is 3. The first-order chi connectivity index (χ1) is 12.0. The molecule has 25 heavy (non-hydrogen) atoms. The lowest BCUT2D eigenvalue weighted by molar-refractivity contribution is 0.100. The highest BCUT2D eigenvalue weighted by Crippen LogP contribution is 2.32. The fraction of sp³-hybridized carbons (Fsp3) is 0.136. The Hall–Kier alpha value is -3.07. The molecule has 4 aromatic rings. The Morgan fingerprint density at radius 1 is 0.920 bits per heavy atom. The van der Waals surface area contributed by atoms with Crippen LogP contribution in [0.1, 0.15) is 27.0 Å². The number of nitrogens with two attached hydrogens (primary N) is 1. The maximum Gasteiger partial charge on any atom is 0.249 e. The summed E-state index contributed by atoms with van der Waals surface area (Å²) in [6.07, 6.45) is 0. The zero-order chi connectivity index (χ0) is 17.6. The minimum Gasteiger partial charge on any atom is -0.366 e. The second kappa shape index (κ2) is 5.78. The summed E-state index contributed by atoms with van der Waals surface area (Å²) in [5, 5.41) is 2.01. The number of hydrogen-bond donors (Lipinski definition) is 1. The molecule has 0 aliphatic carbocycles. The van der Waals surface area contributed by atoms with Gasteiger partial charge in [0.25, 0.3) is 0 Å². The molecule has 3 nitrogen and oxygen atoms in total. The van der Waals surface area contributed by atoms with Gasteiger partial charge in [-0.2, -0.15) is 0 Å². The summed E-state index contributed by atoms with van der Waals surface area (Å²) in [4.78, 5) is 11.9. The van der Waals surface area contributed by atoms with Crippen molar-refractivity contribution in [3.63, 3.8) is 0 Å². The molecule has 0 bridgehead atoms. The molecule has 0 spiro atoms. The molecule has 124 valence electrons. The average Bonchev–Trinajstić information content (AvgIpc) is 2.90. The molecular weight excluding hydrogens is 308 g/mol. The highest BCUT2D eigenvalue weighted by Gasteiger charge is 2.16. The van der Waals surface area contributed by atoms with Crippen LogP contribution in [-0.4, -0.2) is 10.5 Å². The van der Waals surface area contributed by atoms with Gasteiger partial charge in [0.05, 0.1) is 5.52 Å². The van der Waals surface area contributed by atoms with E-state index in [0.29, 0.717) is 5.56 Å². The van der Waals surface area contributed by atoms with E-state index in [2.05, 4.69) is 66.9 Å². The minimum atomic E-state index is -0.388. The lowest BCUT2D eigenvalue weighted by atomic mass is 10.1. The number of carbonyl (C=O) groups excluding carboxylic acids is 1. The van der Waals surface area contributed by atoms with Gasteiger partial charge in [-0.3, -0.25) is 4.79 Å². The van der Waals surface area contributed by atoms with Crippen LogP contribution in [0.5, 0.6) is 0 Å². The van der Waals surface area contributed by atoms with Gasteiger partial charge >= 0.3 is 0 Å². The van der Waals surface area contributed by atoms with E-state index in [1.165, 1.54) is 16.7 Å². The third-order valence-electron chi connectivity index (χ3n) is 4.77. The first-order valence-corrected chi connectivity index (χ1v) is 8.41. The smallest absolute Gasteiger partial charge is 0.249 e. The van der Waals surface area contributed by atoms with Gasteiger partial charge in [0, 0.05) is 28.4 Å². The van der Waals surface area contributed by atoms with Gasteiger partial charge in [0.1, 0.15) is 0 Å². The maximum atomic E-state index is 11.9. The van der Waals surface area contributed by atoms with Crippen molar-refractivity contribution >= 4 is 27.7 Å². The number of hydrogen-bond acceptors (Lipinski definition) is 1. The van der Waals surface area contributed by atoms with E-state index >= 15 is 0 Å². The molecule has 0 unspecified atom stereocenters. The van der Waals surface area contributed by atoms with Crippen LogP contribution in [0.2, 0.25) is 0 Å². The summed E-state index contributed by atoms with van der Waals surface area (Å²) in [5.41, 5.74) is 12.1. The Morgan fingerprint density at radius 3 is 2.36 bits per heavy atom. The van der Waals surface area contributed by atoms with E-state index in [0.717, 1.165) is 28.4 Å². The largest absolute Gasteiger partial charge is 0.366 e. The predicted octanol–water partition coefficient (Wildman–Crippen LogP) is 4.56. The topological polar surface area (TPSA) is 48.0 Å². The van der Waals surface area contributed by atoms with Crippen LogP contribution in [0, 0.1) is 13.8 Å². The van der Waals surface area contributed by atoms with E-state index < -0.39 is 0 Å². The quantitative estimate of drug-likeness (QED) is 0.589. The molecule has 1 aromatic heterocycles. The van der Waals surface area contributed by atoms with Crippen molar-refractivity contribution in [2.75, 3.05) is 0 Å². The normalized spacial score (nSPS) is 11.3. The Bertz CT molecular complexity index is 1100. The Balaban J connectivity index is 2.03. The SMILES string of the molecule is Cc1ccc(Cn2c3cc(C)ccc3c3c(C(N)=O)cccc32)cc1. The number of carbonyl (C=O) groups is 1. The van der Waals surface area contributed by atoms with Gasteiger partial charge in [-0.15, -0.1) is 0 Å². The van der Waals surface area contributed by atoms with Crippen molar-refractivity contribution < 1.29 is 4.79 Å². The van der Waals surface area contributed by atoms with Crippen molar-refractivity contribution in [1.82, 2.24) is 4.57 Å². The van der Waals surface area contributed by atoms with Crippen molar-refractivity contribution in [3.8, 4) is 0 Å². The van der Waals surface area contributed by atoms with Crippen LogP contribution in [0.15, 0.2) is 60.7 Å². The number of amides is 1. The van der Waals surface area contributed by atoms with E-state index in [9.17, 15) is 4.79 Å². The van der Waals surface area contributed by atoms with Crippen LogP contribution >= 0.6 is 0 Å². The fourth-order valence-electron chi connectivity index (χ4n) is 3.51. The fourth-order valence-corrected chi connectivity index (χ4v) is 3.51. The number of primary amides is 1. The van der Waals surface area contributed by atoms with Gasteiger partial charge in [-0.05, 0) is 43.2 Å². The second-order valence-corrected chi connectivity index (χ2v) is 6.66. The van der Waals surface area contributed by atoms with E-state index in [-0.39, 0.29) is 5.91 Å². The number of rotatable bonds is 3. The third-order valence-corrected chi connectivity index (χ3v) is 4.77. The monoisotopic (exact) mass is 328 g/mol. The summed E-state index contributed by atoms with van der Waals surface area (Å²) in [7, 11) is 0. The minimum absolute atomic E-state index is 0.388. The van der Waals surface area contributed by atoms with Crippen LogP contribution in [-0.2, 0) is 6.54 Å². The van der Waals surface area contributed by atoms with E-state index in [4.69, 9.17) is 5.73 Å². The molecular formula is C22H20N2O. The molecule has 0 aliphatic heterocycles. The van der Waals surface area contributed by atoms with Crippen molar-refractivity contribution in [1.29, 1.82) is 0 Å². The summed E-state index contributed by atoms with van der Waals surface area (Å²) >= 11 is 0.